The van der Waals surface area contributed by atoms with Crippen LogP contribution < -0.4 is 24.0 Å². The first-order valence-electron chi connectivity index (χ1n) is 29.7. The summed E-state index contributed by atoms with van der Waals surface area (Å²) in [4.78, 5) is 29.9. The zero-order valence-electron chi connectivity index (χ0n) is 51.2. The van der Waals surface area contributed by atoms with Crippen LogP contribution in [-0.2, 0) is 4.74 Å². The van der Waals surface area contributed by atoms with E-state index in [1.807, 2.05) is 29.2 Å². The smallest absolute Gasteiger partial charge is 0.253 e. The summed E-state index contributed by atoms with van der Waals surface area (Å²) in [6, 6.07) is 27.1. The van der Waals surface area contributed by atoms with Crippen LogP contribution in [-0.4, -0.2) is 183 Å². The van der Waals surface area contributed by atoms with E-state index in [4.69, 9.17) is 18.9 Å². The van der Waals surface area contributed by atoms with Crippen molar-refractivity contribution in [1.82, 2.24) is 24.5 Å². The molecule has 0 saturated carbocycles. The topological polar surface area (TPSA) is 76.7 Å². The number of likely N-dealkylation sites (tertiary alicyclic amines) is 1. The SMILES string of the molecule is COc1cc(C(=O)N2CCC(N3CCN(C)CC3)CC2)ccc1C(C)C.COc1cc(N2CCN(C)CC2)ccc1C(C)C.COc1ccc(C(C)C)c(C)c1.Cc1cc(N2CCC(N3CCOCC3)CC2)ccc1C(C)C. The number of hydrogen-bond acceptors (Lipinski definition) is 11. The molecule has 0 atom stereocenters. The van der Waals surface area contributed by atoms with E-state index >= 15 is 0 Å². The summed E-state index contributed by atoms with van der Waals surface area (Å²) < 4.78 is 21.6. The Balaban J connectivity index is 0.000000174. The average molecular weight is 1070 g/mol. The quantitative estimate of drug-likeness (QED) is 0.136. The maximum Gasteiger partial charge on any atom is 0.253 e. The lowest BCUT2D eigenvalue weighted by molar-refractivity contribution is 0.0115. The molecule has 0 radical (unpaired) electrons. The molecule has 1 amide bonds. The van der Waals surface area contributed by atoms with Crippen molar-refractivity contribution in [3.05, 3.63) is 112 Å². The Bertz CT molecular complexity index is 2420. The van der Waals surface area contributed by atoms with Gasteiger partial charge in [0.25, 0.3) is 5.91 Å². The van der Waals surface area contributed by atoms with Crippen LogP contribution in [0.5, 0.6) is 17.2 Å². The van der Waals surface area contributed by atoms with Crippen LogP contribution in [0.15, 0.2) is 72.8 Å². The summed E-state index contributed by atoms with van der Waals surface area (Å²) in [7, 11) is 9.51. The molecule has 0 N–H and O–H groups in total. The molecule has 4 aromatic rings. The number of methoxy groups -OCH3 is 3. The number of anilines is 2. The van der Waals surface area contributed by atoms with Gasteiger partial charge in [0.15, 0.2) is 0 Å². The van der Waals surface area contributed by atoms with Crippen LogP contribution in [0.1, 0.15) is 148 Å². The molecule has 0 unspecified atom stereocenters. The van der Waals surface area contributed by atoms with Gasteiger partial charge >= 0.3 is 0 Å². The molecule has 432 valence electrons. The maximum atomic E-state index is 12.9. The average Bonchev–Trinajstić information content (AvgIpc) is 3.46. The van der Waals surface area contributed by atoms with E-state index in [1.165, 1.54) is 65.1 Å². The number of piperazine rings is 2. The van der Waals surface area contributed by atoms with Crippen LogP contribution >= 0.6 is 0 Å². The van der Waals surface area contributed by atoms with Crippen molar-refractivity contribution in [1.29, 1.82) is 0 Å². The second-order valence-corrected chi connectivity index (χ2v) is 23.8. The van der Waals surface area contributed by atoms with Gasteiger partial charge in [0.1, 0.15) is 17.2 Å². The number of hydrogen-bond donors (Lipinski definition) is 0. The minimum Gasteiger partial charge on any atom is -0.497 e. The fraction of sp³-hybridized carbons (Fsp3) is 0.621. The normalized spacial score (nSPS) is 18.5. The van der Waals surface area contributed by atoms with Crippen molar-refractivity contribution in [3.8, 4) is 17.2 Å². The van der Waals surface area contributed by atoms with Crippen LogP contribution in [0.4, 0.5) is 11.4 Å². The third kappa shape index (κ3) is 17.6. The van der Waals surface area contributed by atoms with Crippen molar-refractivity contribution < 1.29 is 23.7 Å². The Morgan fingerprint density at radius 3 is 1.37 bits per heavy atom. The molecule has 4 aromatic carbocycles. The lowest BCUT2D eigenvalue weighted by Crippen LogP contribution is -2.52. The number of likely N-dealkylation sites (N-methyl/N-ethyl adjacent to an activating group) is 2. The number of carbonyl (C=O) groups is 1. The Hall–Kier alpha value is -4.85. The van der Waals surface area contributed by atoms with Gasteiger partial charge < -0.3 is 43.4 Å². The van der Waals surface area contributed by atoms with Crippen LogP contribution in [0.25, 0.3) is 0 Å². The summed E-state index contributed by atoms with van der Waals surface area (Å²) in [6.07, 6.45) is 4.73. The molecule has 5 fully saturated rings. The molecule has 12 heteroatoms. The van der Waals surface area contributed by atoms with Gasteiger partial charge in [-0.3, -0.25) is 14.6 Å². The molecule has 0 bridgehead atoms. The van der Waals surface area contributed by atoms with Crippen molar-refractivity contribution in [2.45, 2.75) is 131 Å². The Morgan fingerprint density at radius 2 is 0.885 bits per heavy atom. The molecule has 9 rings (SSSR count). The first-order chi connectivity index (χ1) is 37.4. The largest absolute Gasteiger partial charge is 0.497 e. The van der Waals surface area contributed by atoms with Crippen molar-refractivity contribution >= 4 is 17.3 Å². The first kappa shape index (κ1) is 62.3. The summed E-state index contributed by atoms with van der Waals surface area (Å²) in [6.45, 7) is 39.2. The molecule has 5 aliphatic rings. The summed E-state index contributed by atoms with van der Waals surface area (Å²) in [5.74, 6) is 5.00. The van der Waals surface area contributed by atoms with Gasteiger partial charge in [-0.15, -0.1) is 0 Å². The van der Waals surface area contributed by atoms with Crippen LogP contribution in [0.3, 0.4) is 0 Å². The number of piperidine rings is 2. The third-order valence-corrected chi connectivity index (χ3v) is 17.0. The van der Waals surface area contributed by atoms with E-state index in [0.717, 1.165) is 139 Å². The van der Waals surface area contributed by atoms with E-state index in [2.05, 4.69) is 161 Å². The fourth-order valence-electron chi connectivity index (χ4n) is 11.9. The van der Waals surface area contributed by atoms with Gasteiger partial charge in [-0.2, -0.15) is 0 Å². The number of nitrogens with zero attached hydrogens (tertiary/aromatic N) is 7. The molecule has 5 heterocycles. The highest BCUT2D eigenvalue weighted by molar-refractivity contribution is 5.95. The molecular weight excluding hydrogens is 971 g/mol. The van der Waals surface area contributed by atoms with Gasteiger partial charge in [0, 0.05) is 127 Å². The number of aryl methyl sites for hydroxylation is 2. The van der Waals surface area contributed by atoms with E-state index in [9.17, 15) is 4.79 Å². The maximum absolute atomic E-state index is 12.9. The fourth-order valence-corrected chi connectivity index (χ4v) is 11.9. The zero-order chi connectivity index (χ0) is 56.5. The predicted molar refractivity (Wildman–Crippen MR) is 327 cm³/mol. The lowest BCUT2D eigenvalue weighted by Gasteiger charge is -2.42. The second kappa shape index (κ2) is 30.7. The van der Waals surface area contributed by atoms with E-state index < -0.39 is 0 Å². The first-order valence-corrected chi connectivity index (χ1v) is 29.7. The summed E-state index contributed by atoms with van der Waals surface area (Å²) in [5.41, 5.74) is 11.5. The van der Waals surface area contributed by atoms with Crippen molar-refractivity contribution in [2.24, 2.45) is 0 Å². The molecule has 5 saturated heterocycles. The molecule has 0 aromatic heterocycles. The summed E-state index contributed by atoms with van der Waals surface area (Å²) in [5, 5.41) is 0. The highest BCUT2D eigenvalue weighted by Gasteiger charge is 2.30. The van der Waals surface area contributed by atoms with E-state index in [0.29, 0.717) is 29.7 Å². The van der Waals surface area contributed by atoms with Crippen LogP contribution in [0.2, 0.25) is 0 Å². The van der Waals surface area contributed by atoms with Gasteiger partial charge in [-0.05, 0) is 153 Å². The van der Waals surface area contributed by atoms with E-state index in [-0.39, 0.29) is 5.91 Å². The molecule has 5 aliphatic heterocycles. The Kier molecular flexibility index (Phi) is 24.5. The highest BCUT2D eigenvalue weighted by atomic mass is 16.5. The van der Waals surface area contributed by atoms with Crippen LogP contribution in [0, 0.1) is 13.8 Å². The highest BCUT2D eigenvalue weighted by Crippen LogP contribution is 2.33. The standard InChI is InChI=1S/C21H33N3O2.C19H30N2O.C15H24N2O.C11H16O/c1-16(2)19-6-5-17(15-20(19)26-4)21(25)24-9-7-18(8-10-24)23-13-11-22(3)12-14-23;1-15(2)19-5-4-18(14-16(19)3)20-8-6-17(7-9-20)21-10-12-22-13-11-21;1-12(2)14-6-5-13(11-15(14)18-4)17-9-7-16(3)8-10-17;1-8(2)11-6-5-10(12-4)7-9(11)3/h5-6,15-16,18H,7-14H2,1-4H3;4-5,14-15,17H,6-13H2,1-3H3;5-6,11-12H,7-10H2,1-4H3;5-8H,1-4H3. The van der Waals surface area contributed by atoms with Gasteiger partial charge in [-0.25, -0.2) is 0 Å². The molecule has 0 aliphatic carbocycles. The number of ether oxygens (including phenoxy) is 4. The number of benzene rings is 4. The minimum absolute atomic E-state index is 0.135. The third-order valence-electron chi connectivity index (χ3n) is 17.0. The predicted octanol–water partition coefficient (Wildman–Crippen LogP) is 11.8. The van der Waals surface area contributed by atoms with Gasteiger partial charge in [0.2, 0.25) is 0 Å². The van der Waals surface area contributed by atoms with E-state index in [1.54, 1.807) is 21.3 Å². The molecule has 12 nitrogen and oxygen atoms in total. The molecule has 78 heavy (non-hydrogen) atoms. The van der Waals surface area contributed by atoms with Crippen molar-refractivity contribution in [3.63, 3.8) is 0 Å². The van der Waals surface area contributed by atoms with Crippen molar-refractivity contribution in [2.75, 3.05) is 150 Å². The second-order valence-electron chi connectivity index (χ2n) is 23.8. The lowest BCUT2D eigenvalue weighted by atomic mass is 9.96. The monoisotopic (exact) mass is 1070 g/mol. The number of morpholine rings is 1. The Labute approximate surface area is 473 Å². The van der Waals surface area contributed by atoms with Gasteiger partial charge in [-0.1, -0.05) is 79.7 Å². The number of carbonyl (C=O) groups excluding carboxylic acids is 1. The zero-order valence-corrected chi connectivity index (χ0v) is 51.2. The number of amides is 1. The summed E-state index contributed by atoms with van der Waals surface area (Å²) >= 11 is 0. The molecule has 0 spiro atoms. The number of rotatable bonds is 12. The Morgan fingerprint density at radius 1 is 0.462 bits per heavy atom. The van der Waals surface area contributed by atoms with Gasteiger partial charge in [0.05, 0.1) is 34.5 Å². The molecular formula is C66H103N7O5. The minimum atomic E-state index is 0.135.